The predicted molar refractivity (Wildman–Crippen MR) is 103 cm³/mol. The molecular weight excluding hydrogens is 329 g/mol. The second-order valence-electron chi connectivity index (χ2n) is 6.57. The zero-order chi connectivity index (χ0) is 18.7. The van der Waals surface area contributed by atoms with Crippen LogP contribution in [0.15, 0.2) is 58.5 Å². The molecule has 0 saturated carbocycles. The van der Waals surface area contributed by atoms with Gasteiger partial charge in [0.1, 0.15) is 11.7 Å². The lowest BCUT2D eigenvalue weighted by Crippen LogP contribution is -2.39. The van der Waals surface area contributed by atoms with Crippen molar-refractivity contribution in [1.82, 2.24) is 5.32 Å². The van der Waals surface area contributed by atoms with Gasteiger partial charge in [-0.1, -0.05) is 45.0 Å². The SMILES string of the molecule is CCC1=Nc2ccccc2N=C(NC(=O)C(C)C)C1c1ccc(F)cc1. The first-order chi connectivity index (χ1) is 12.5. The van der Waals surface area contributed by atoms with E-state index in [1.54, 1.807) is 12.1 Å². The maximum absolute atomic E-state index is 13.4. The normalized spacial score (nSPS) is 16.4. The Hall–Kier alpha value is -2.82. The van der Waals surface area contributed by atoms with Gasteiger partial charge in [0, 0.05) is 11.6 Å². The smallest absolute Gasteiger partial charge is 0.227 e. The van der Waals surface area contributed by atoms with Crippen molar-refractivity contribution in [3.8, 4) is 0 Å². The number of rotatable bonds is 3. The topological polar surface area (TPSA) is 53.8 Å². The summed E-state index contributed by atoms with van der Waals surface area (Å²) in [6, 6.07) is 13.9. The van der Waals surface area contributed by atoms with E-state index in [0.29, 0.717) is 17.9 Å². The molecule has 134 valence electrons. The van der Waals surface area contributed by atoms with Crippen LogP contribution in [0.2, 0.25) is 0 Å². The molecule has 0 radical (unpaired) electrons. The van der Waals surface area contributed by atoms with Crippen molar-refractivity contribution in [3.63, 3.8) is 0 Å². The molecule has 0 saturated heterocycles. The number of carbonyl (C=O) groups excluding carboxylic acids is 1. The summed E-state index contributed by atoms with van der Waals surface area (Å²) in [7, 11) is 0. The first-order valence-electron chi connectivity index (χ1n) is 8.81. The van der Waals surface area contributed by atoms with Crippen molar-refractivity contribution in [2.24, 2.45) is 15.9 Å². The van der Waals surface area contributed by atoms with Crippen molar-refractivity contribution in [3.05, 3.63) is 59.9 Å². The van der Waals surface area contributed by atoms with Crippen LogP contribution in [0.25, 0.3) is 0 Å². The highest BCUT2D eigenvalue weighted by Gasteiger charge is 2.28. The molecule has 0 bridgehead atoms. The van der Waals surface area contributed by atoms with Crippen molar-refractivity contribution in [1.29, 1.82) is 0 Å². The molecule has 0 aliphatic carbocycles. The van der Waals surface area contributed by atoms with E-state index < -0.39 is 0 Å². The summed E-state index contributed by atoms with van der Waals surface area (Å²) in [6.07, 6.45) is 0.687. The fourth-order valence-electron chi connectivity index (χ4n) is 2.88. The molecular formula is C21H22FN3O. The molecule has 3 rings (SSSR count). The number of aliphatic imine (C=N–C) groups is 2. The van der Waals surface area contributed by atoms with Crippen molar-refractivity contribution in [2.75, 3.05) is 0 Å². The number of para-hydroxylation sites is 2. The zero-order valence-corrected chi connectivity index (χ0v) is 15.2. The molecule has 0 fully saturated rings. The largest absolute Gasteiger partial charge is 0.313 e. The van der Waals surface area contributed by atoms with Gasteiger partial charge in [-0.05, 0) is 36.2 Å². The van der Waals surface area contributed by atoms with E-state index in [1.807, 2.05) is 45.0 Å². The number of nitrogens with one attached hydrogen (secondary N) is 1. The number of carbonyl (C=O) groups is 1. The van der Waals surface area contributed by atoms with Crippen LogP contribution in [0.3, 0.4) is 0 Å². The van der Waals surface area contributed by atoms with Gasteiger partial charge in [0.25, 0.3) is 0 Å². The Morgan fingerprint density at radius 1 is 1.08 bits per heavy atom. The minimum Gasteiger partial charge on any atom is -0.313 e. The van der Waals surface area contributed by atoms with Gasteiger partial charge in [-0.15, -0.1) is 0 Å². The molecule has 1 aliphatic rings. The summed E-state index contributed by atoms with van der Waals surface area (Å²) >= 11 is 0. The third-order valence-electron chi connectivity index (χ3n) is 4.33. The van der Waals surface area contributed by atoms with E-state index in [-0.39, 0.29) is 23.6 Å². The Kier molecular flexibility index (Phi) is 5.26. The fraction of sp³-hybridized carbons (Fsp3) is 0.286. The van der Waals surface area contributed by atoms with Crippen LogP contribution in [-0.4, -0.2) is 17.5 Å². The van der Waals surface area contributed by atoms with E-state index >= 15 is 0 Å². The molecule has 26 heavy (non-hydrogen) atoms. The van der Waals surface area contributed by atoms with Crippen LogP contribution in [0.1, 0.15) is 38.7 Å². The van der Waals surface area contributed by atoms with E-state index in [4.69, 9.17) is 9.98 Å². The average molecular weight is 351 g/mol. The number of halogens is 1. The molecule has 1 unspecified atom stereocenters. The van der Waals surface area contributed by atoms with Gasteiger partial charge in [-0.3, -0.25) is 9.79 Å². The molecule has 1 N–H and O–H groups in total. The summed E-state index contributed by atoms with van der Waals surface area (Å²) in [5, 5.41) is 2.96. The molecule has 5 heteroatoms. The second-order valence-corrected chi connectivity index (χ2v) is 6.57. The Bertz CT molecular complexity index is 869. The van der Waals surface area contributed by atoms with Gasteiger partial charge in [0.15, 0.2) is 0 Å². The van der Waals surface area contributed by atoms with E-state index in [9.17, 15) is 9.18 Å². The highest BCUT2D eigenvalue weighted by Crippen LogP contribution is 2.35. The Labute approximate surface area is 152 Å². The van der Waals surface area contributed by atoms with Crippen LogP contribution in [0, 0.1) is 11.7 Å². The molecule has 0 aromatic heterocycles. The first kappa shape index (κ1) is 18.0. The standard InChI is InChI=1S/C21H22FN3O/c1-4-16-19(14-9-11-15(22)12-10-14)20(25-21(26)13(2)3)24-18-8-6-5-7-17(18)23-16/h5-13,19H,4H2,1-3H3,(H,24,25,26). The summed E-state index contributed by atoms with van der Waals surface area (Å²) in [6.45, 7) is 5.69. The highest BCUT2D eigenvalue weighted by molar-refractivity contribution is 6.17. The monoisotopic (exact) mass is 351 g/mol. The molecule has 2 aromatic carbocycles. The molecule has 0 spiro atoms. The van der Waals surface area contributed by atoms with Gasteiger partial charge >= 0.3 is 0 Å². The van der Waals surface area contributed by atoms with E-state index in [2.05, 4.69) is 5.32 Å². The maximum atomic E-state index is 13.4. The molecule has 1 heterocycles. The molecule has 1 atom stereocenters. The molecule has 2 aromatic rings. The lowest BCUT2D eigenvalue weighted by molar-refractivity contribution is -0.122. The van der Waals surface area contributed by atoms with Crippen LogP contribution in [0.5, 0.6) is 0 Å². The summed E-state index contributed by atoms with van der Waals surface area (Å²) in [4.78, 5) is 21.9. The van der Waals surface area contributed by atoms with E-state index in [0.717, 1.165) is 17.0 Å². The Morgan fingerprint density at radius 2 is 1.69 bits per heavy atom. The number of hydrogen-bond acceptors (Lipinski definition) is 3. The van der Waals surface area contributed by atoms with Gasteiger partial charge in [-0.25, -0.2) is 9.38 Å². The van der Waals surface area contributed by atoms with Crippen molar-refractivity contribution >= 4 is 28.8 Å². The van der Waals surface area contributed by atoms with Crippen molar-refractivity contribution < 1.29 is 9.18 Å². The molecule has 1 amide bonds. The summed E-state index contributed by atoms with van der Waals surface area (Å²) in [5.41, 5.74) is 3.21. The number of hydrogen-bond donors (Lipinski definition) is 1. The maximum Gasteiger partial charge on any atom is 0.227 e. The van der Waals surface area contributed by atoms with Crippen LogP contribution < -0.4 is 5.32 Å². The highest BCUT2D eigenvalue weighted by atomic mass is 19.1. The van der Waals surface area contributed by atoms with Crippen LogP contribution >= 0.6 is 0 Å². The third-order valence-corrected chi connectivity index (χ3v) is 4.33. The van der Waals surface area contributed by atoms with Gasteiger partial charge in [0.2, 0.25) is 5.91 Å². The minimum absolute atomic E-state index is 0.106. The summed E-state index contributed by atoms with van der Waals surface area (Å²) < 4.78 is 13.4. The number of amidine groups is 1. The molecule has 4 nitrogen and oxygen atoms in total. The van der Waals surface area contributed by atoms with Gasteiger partial charge < -0.3 is 5.32 Å². The lowest BCUT2D eigenvalue weighted by atomic mass is 9.90. The number of benzene rings is 2. The first-order valence-corrected chi connectivity index (χ1v) is 8.81. The third kappa shape index (κ3) is 3.72. The average Bonchev–Trinajstić information content (AvgIpc) is 2.78. The van der Waals surface area contributed by atoms with Gasteiger partial charge in [0.05, 0.1) is 17.3 Å². The van der Waals surface area contributed by atoms with Crippen LogP contribution in [-0.2, 0) is 4.79 Å². The number of amides is 1. The number of fused-ring (bicyclic) bond motifs is 1. The quantitative estimate of drug-likeness (QED) is 0.839. The van der Waals surface area contributed by atoms with Crippen LogP contribution in [0.4, 0.5) is 15.8 Å². The summed E-state index contributed by atoms with van der Waals surface area (Å²) in [5.74, 6) is -0.375. The Balaban J connectivity index is 2.16. The molecule has 1 aliphatic heterocycles. The number of nitrogens with zero attached hydrogens (tertiary/aromatic N) is 2. The van der Waals surface area contributed by atoms with Crippen molar-refractivity contribution in [2.45, 2.75) is 33.1 Å². The minimum atomic E-state index is -0.323. The zero-order valence-electron chi connectivity index (χ0n) is 15.2. The second kappa shape index (κ2) is 7.60. The predicted octanol–water partition coefficient (Wildman–Crippen LogP) is 4.91. The van der Waals surface area contributed by atoms with E-state index in [1.165, 1.54) is 12.1 Å². The Morgan fingerprint density at radius 3 is 2.27 bits per heavy atom. The van der Waals surface area contributed by atoms with Gasteiger partial charge in [-0.2, -0.15) is 0 Å². The fourth-order valence-corrected chi connectivity index (χ4v) is 2.88. The lowest BCUT2D eigenvalue weighted by Gasteiger charge is -2.21.